The van der Waals surface area contributed by atoms with Crippen molar-refractivity contribution in [3.63, 3.8) is 0 Å². The van der Waals surface area contributed by atoms with E-state index in [9.17, 15) is 13.2 Å². The lowest BCUT2D eigenvalue weighted by Gasteiger charge is -2.26. The highest BCUT2D eigenvalue weighted by molar-refractivity contribution is 7.92. The molecule has 10 heteroatoms. The Balaban J connectivity index is 1.69. The molecular formula is C30H33ClN4O4S. The van der Waals surface area contributed by atoms with Gasteiger partial charge in [0.15, 0.2) is 0 Å². The van der Waals surface area contributed by atoms with Crippen LogP contribution in [0.2, 0.25) is 5.02 Å². The first kappa shape index (κ1) is 29.4. The topological polar surface area (TPSA) is 115 Å². The molecule has 0 saturated carbocycles. The van der Waals surface area contributed by atoms with Crippen molar-refractivity contribution in [2.75, 3.05) is 4.72 Å². The van der Waals surface area contributed by atoms with E-state index in [0.717, 1.165) is 11.1 Å². The molecule has 1 N–H and O–H groups in total. The molecule has 0 amide bonds. The van der Waals surface area contributed by atoms with Gasteiger partial charge in [0.2, 0.25) is 5.95 Å². The maximum atomic E-state index is 13.0. The highest BCUT2D eigenvalue weighted by Gasteiger charge is 2.26. The van der Waals surface area contributed by atoms with E-state index in [0.29, 0.717) is 28.0 Å². The number of anilines is 1. The van der Waals surface area contributed by atoms with Gasteiger partial charge in [-0.1, -0.05) is 59.2 Å². The number of fused-ring (bicyclic) bond motifs is 1. The number of nitrogens with one attached hydrogen (secondary N) is 1. The van der Waals surface area contributed by atoms with Gasteiger partial charge in [0, 0.05) is 28.6 Å². The van der Waals surface area contributed by atoms with Crippen LogP contribution in [0.4, 0.5) is 11.6 Å². The van der Waals surface area contributed by atoms with Crippen LogP contribution in [0.3, 0.4) is 0 Å². The molecule has 0 radical (unpaired) electrons. The van der Waals surface area contributed by atoms with Gasteiger partial charge in [-0.15, -0.1) is 0 Å². The molecule has 0 atom stereocenters. The van der Waals surface area contributed by atoms with Crippen LogP contribution >= 0.6 is 11.6 Å². The highest BCUT2D eigenvalue weighted by atomic mass is 35.5. The van der Waals surface area contributed by atoms with Crippen molar-refractivity contribution in [2.45, 2.75) is 71.1 Å². The van der Waals surface area contributed by atoms with E-state index in [-0.39, 0.29) is 32.3 Å². The van der Waals surface area contributed by atoms with Crippen LogP contribution in [0.5, 0.6) is 0 Å². The third-order valence-electron chi connectivity index (χ3n) is 6.35. The minimum Gasteiger partial charge on any atom is -0.422 e. The number of hydrogen-bond acceptors (Lipinski definition) is 7. The lowest BCUT2D eigenvalue weighted by Crippen LogP contribution is -2.18. The molecule has 0 aliphatic carbocycles. The lowest BCUT2D eigenvalue weighted by molar-refractivity contribution is 0.524. The second-order valence-electron chi connectivity index (χ2n) is 11.8. The summed E-state index contributed by atoms with van der Waals surface area (Å²) in [6.07, 6.45) is 1.35. The van der Waals surface area contributed by atoms with Crippen molar-refractivity contribution in [3.05, 3.63) is 86.0 Å². The largest absolute Gasteiger partial charge is 0.422 e. The fraction of sp³-hybridized carbons (Fsp3) is 0.333. The summed E-state index contributed by atoms with van der Waals surface area (Å²) in [7, 11) is -3.91. The quantitative estimate of drug-likeness (QED) is 0.201. The number of aliphatic imine (C=N–C) groups is 1. The summed E-state index contributed by atoms with van der Waals surface area (Å²) in [6.45, 7) is 16.0. The van der Waals surface area contributed by atoms with E-state index < -0.39 is 15.6 Å². The van der Waals surface area contributed by atoms with Crippen LogP contribution in [0.15, 0.2) is 61.6 Å². The number of hydrogen-bond donors (Lipinski definition) is 1. The van der Waals surface area contributed by atoms with Crippen molar-refractivity contribution < 1.29 is 12.8 Å². The van der Waals surface area contributed by atoms with E-state index in [1.807, 2.05) is 6.07 Å². The molecule has 2 aromatic heterocycles. The van der Waals surface area contributed by atoms with Crippen LogP contribution < -0.4 is 10.3 Å². The van der Waals surface area contributed by atoms with Gasteiger partial charge < -0.3 is 4.42 Å². The van der Waals surface area contributed by atoms with Gasteiger partial charge in [-0.2, -0.15) is 0 Å². The molecule has 0 spiro atoms. The molecule has 0 aliphatic rings. The molecule has 4 aromatic rings. The Kier molecular flexibility index (Phi) is 7.68. The van der Waals surface area contributed by atoms with Crippen LogP contribution in [-0.2, 0) is 20.9 Å². The number of nitrogens with zero attached hydrogens (tertiary/aromatic N) is 3. The monoisotopic (exact) mass is 580 g/mol. The van der Waals surface area contributed by atoms with Crippen molar-refractivity contribution in [3.8, 4) is 0 Å². The van der Waals surface area contributed by atoms with Gasteiger partial charge in [0.25, 0.3) is 10.0 Å². The van der Waals surface area contributed by atoms with Crippen molar-refractivity contribution >= 4 is 50.4 Å². The maximum absolute atomic E-state index is 13.0. The number of halogens is 1. The Bertz CT molecular complexity index is 1780. The van der Waals surface area contributed by atoms with Gasteiger partial charge in [-0.3, -0.25) is 4.99 Å². The predicted octanol–water partition coefficient (Wildman–Crippen LogP) is 7.00. The highest BCUT2D eigenvalue weighted by Crippen LogP contribution is 2.37. The van der Waals surface area contributed by atoms with E-state index >= 15 is 0 Å². The second kappa shape index (κ2) is 10.4. The summed E-state index contributed by atoms with van der Waals surface area (Å²) in [4.78, 5) is 25.6. The zero-order valence-electron chi connectivity index (χ0n) is 23.9. The van der Waals surface area contributed by atoms with Crippen LogP contribution in [0.1, 0.15) is 69.6 Å². The van der Waals surface area contributed by atoms with E-state index in [2.05, 4.69) is 67.3 Å². The Hall–Kier alpha value is -3.56. The van der Waals surface area contributed by atoms with Gasteiger partial charge in [0.1, 0.15) is 5.58 Å². The van der Waals surface area contributed by atoms with Crippen LogP contribution in [0, 0.1) is 13.8 Å². The number of aromatic nitrogens is 2. The van der Waals surface area contributed by atoms with Gasteiger partial charge in [-0.25, -0.2) is 27.9 Å². The van der Waals surface area contributed by atoms with Crippen molar-refractivity contribution in [2.24, 2.45) is 4.99 Å². The fourth-order valence-electron chi connectivity index (χ4n) is 4.18. The first-order chi connectivity index (χ1) is 18.5. The zero-order valence-corrected chi connectivity index (χ0v) is 25.5. The van der Waals surface area contributed by atoms with Crippen molar-refractivity contribution in [1.82, 2.24) is 9.97 Å². The maximum Gasteiger partial charge on any atom is 0.346 e. The van der Waals surface area contributed by atoms with Crippen LogP contribution in [-0.4, -0.2) is 24.6 Å². The van der Waals surface area contributed by atoms with Crippen molar-refractivity contribution in [1.29, 1.82) is 0 Å². The second-order valence-corrected chi connectivity index (χ2v) is 13.9. The first-order valence-electron chi connectivity index (χ1n) is 12.8. The zero-order chi connectivity index (χ0) is 29.6. The van der Waals surface area contributed by atoms with E-state index in [4.69, 9.17) is 16.0 Å². The predicted molar refractivity (Wildman–Crippen MR) is 161 cm³/mol. The van der Waals surface area contributed by atoms with Crippen LogP contribution in [0.25, 0.3) is 11.0 Å². The lowest BCUT2D eigenvalue weighted by atomic mass is 9.79. The Labute approximate surface area is 239 Å². The Morgan fingerprint density at radius 1 is 0.925 bits per heavy atom. The minimum atomic E-state index is -3.91. The molecule has 4 rings (SSSR count). The SMILES string of the molecule is Cc1cc(C)nc(NS(=O)(=O)c2ccc(N=Cc3c(Cl)c4cc(C(C)(C)C)cc(C(C)(C)C)c4oc3=O)cc2)n1. The third-order valence-corrected chi connectivity index (χ3v) is 8.10. The Morgan fingerprint density at radius 3 is 2.08 bits per heavy atom. The summed E-state index contributed by atoms with van der Waals surface area (Å²) in [5, 5.41) is 0.893. The summed E-state index contributed by atoms with van der Waals surface area (Å²) in [5.74, 6) is 0.00139. The average molecular weight is 581 g/mol. The fourth-order valence-corrected chi connectivity index (χ4v) is 5.40. The first-order valence-corrected chi connectivity index (χ1v) is 14.6. The number of aryl methyl sites for hydroxylation is 2. The number of rotatable bonds is 5. The summed E-state index contributed by atoms with van der Waals surface area (Å²) in [5.41, 5.74) is 3.23. The molecule has 0 unspecified atom stereocenters. The van der Waals surface area contributed by atoms with Gasteiger partial charge in [-0.05, 0) is 66.6 Å². The summed E-state index contributed by atoms with van der Waals surface area (Å²) < 4.78 is 33.8. The molecule has 2 heterocycles. The molecule has 0 fully saturated rings. The van der Waals surface area contributed by atoms with E-state index in [1.54, 1.807) is 19.9 Å². The molecule has 8 nitrogen and oxygen atoms in total. The molecule has 210 valence electrons. The van der Waals surface area contributed by atoms with E-state index in [1.165, 1.54) is 30.5 Å². The smallest absolute Gasteiger partial charge is 0.346 e. The van der Waals surface area contributed by atoms with Gasteiger partial charge in [0.05, 0.1) is 21.2 Å². The van der Waals surface area contributed by atoms with Gasteiger partial charge >= 0.3 is 5.63 Å². The normalized spacial score (nSPS) is 12.8. The molecule has 40 heavy (non-hydrogen) atoms. The average Bonchev–Trinajstić information content (AvgIpc) is 2.81. The minimum absolute atomic E-state index is 0.00139. The molecule has 0 aliphatic heterocycles. The molecule has 0 bridgehead atoms. The molecular weight excluding hydrogens is 548 g/mol. The standard InChI is InChI=1S/C30H33ClN4O4S/c1-17-13-18(2)34-28(33-17)35-40(37,38)21-11-9-20(10-12-21)32-16-23-25(31)22-14-19(29(3,4)5)15-24(30(6,7)8)26(22)39-27(23)36/h9-16H,1-8H3,(H,33,34,35). The molecule has 0 saturated heterocycles. The number of sulfonamides is 1. The third kappa shape index (κ3) is 6.26. The Morgan fingerprint density at radius 2 is 1.52 bits per heavy atom. The summed E-state index contributed by atoms with van der Waals surface area (Å²) >= 11 is 6.79. The molecule has 2 aromatic carbocycles. The summed E-state index contributed by atoms with van der Waals surface area (Å²) in [6, 6.07) is 11.7. The number of benzene rings is 2.